The van der Waals surface area contributed by atoms with Crippen molar-refractivity contribution in [3.05, 3.63) is 65.2 Å². The number of carbonyl (C=O) groups is 1. The standard InChI is InChI=1S/C18H18N2OS/c1-14-3-9-17(10-4-14)22-13-18(21)20(2)12-16-7-5-15(11-19)6-8-16/h3-10H,12-13H2,1-2H3. The lowest BCUT2D eigenvalue weighted by Crippen LogP contribution is -2.27. The van der Waals surface area contributed by atoms with E-state index in [9.17, 15) is 4.79 Å². The van der Waals surface area contributed by atoms with Crippen LogP contribution in [-0.4, -0.2) is 23.6 Å². The molecule has 0 aromatic heterocycles. The van der Waals surface area contributed by atoms with Crippen LogP contribution in [0, 0.1) is 18.3 Å². The first kappa shape index (κ1) is 16.1. The quantitative estimate of drug-likeness (QED) is 0.792. The fraction of sp³-hybridized carbons (Fsp3) is 0.222. The minimum Gasteiger partial charge on any atom is -0.341 e. The fourth-order valence-electron chi connectivity index (χ4n) is 1.94. The van der Waals surface area contributed by atoms with E-state index < -0.39 is 0 Å². The molecule has 1 amide bonds. The number of amides is 1. The molecule has 2 aromatic rings. The van der Waals surface area contributed by atoms with Gasteiger partial charge in [-0.05, 0) is 36.8 Å². The summed E-state index contributed by atoms with van der Waals surface area (Å²) in [6.07, 6.45) is 0. The number of aryl methyl sites for hydroxylation is 1. The van der Waals surface area contributed by atoms with Crippen LogP contribution in [0.3, 0.4) is 0 Å². The van der Waals surface area contributed by atoms with Gasteiger partial charge in [0.15, 0.2) is 0 Å². The molecule has 2 rings (SSSR count). The van der Waals surface area contributed by atoms with Crippen LogP contribution in [0.15, 0.2) is 53.4 Å². The van der Waals surface area contributed by atoms with Crippen LogP contribution >= 0.6 is 11.8 Å². The Bertz CT molecular complexity index is 672. The van der Waals surface area contributed by atoms with Crippen LogP contribution in [0.5, 0.6) is 0 Å². The topological polar surface area (TPSA) is 44.1 Å². The van der Waals surface area contributed by atoms with Gasteiger partial charge in [-0.3, -0.25) is 4.79 Å². The Kier molecular flexibility index (Phi) is 5.62. The molecule has 0 heterocycles. The van der Waals surface area contributed by atoms with Crippen molar-refractivity contribution in [3.8, 4) is 6.07 Å². The molecule has 4 heteroatoms. The second-order valence-electron chi connectivity index (χ2n) is 5.16. The van der Waals surface area contributed by atoms with E-state index in [0.29, 0.717) is 17.9 Å². The molecule has 0 aliphatic rings. The number of nitrogens with zero attached hydrogens (tertiary/aromatic N) is 2. The molecule has 0 aliphatic carbocycles. The molecule has 0 radical (unpaired) electrons. The summed E-state index contributed by atoms with van der Waals surface area (Å²) in [5.41, 5.74) is 2.87. The summed E-state index contributed by atoms with van der Waals surface area (Å²) in [4.78, 5) is 15.0. The van der Waals surface area contributed by atoms with E-state index in [1.54, 1.807) is 35.8 Å². The predicted molar refractivity (Wildman–Crippen MR) is 89.5 cm³/mol. The lowest BCUT2D eigenvalue weighted by Gasteiger charge is -2.17. The van der Waals surface area contributed by atoms with Crippen molar-refractivity contribution in [2.45, 2.75) is 18.4 Å². The third-order valence-corrected chi connectivity index (χ3v) is 4.31. The summed E-state index contributed by atoms with van der Waals surface area (Å²) in [7, 11) is 1.80. The first-order valence-electron chi connectivity index (χ1n) is 7.01. The second kappa shape index (κ2) is 7.67. The number of thioether (sulfide) groups is 1. The zero-order chi connectivity index (χ0) is 15.9. The Morgan fingerprint density at radius 2 is 1.77 bits per heavy atom. The lowest BCUT2D eigenvalue weighted by atomic mass is 10.1. The van der Waals surface area contributed by atoms with Crippen molar-refractivity contribution in [1.29, 1.82) is 5.26 Å². The van der Waals surface area contributed by atoms with Gasteiger partial charge in [0.25, 0.3) is 0 Å². The van der Waals surface area contributed by atoms with Gasteiger partial charge < -0.3 is 4.90 Å². The minimum atomic E-state index is 0.0925. The molecule has 22 heavy (non-hydrogen) atoms. The van der Waals surface area contributed by atoms with E-state index in [-0.39, 0.29) is 5.91 Å². The van der Waals surface area contributed by atoms with Crippen LogP contribution in [-0.2, 0) is 11.3 Å². The molecule has 112 valence electrons. The summed E-state index contributed by atoms with van der Waals surface area (Å²) >= 11 is 1.55. The van der Waals surface area contributed by atoms with E-state index in [4.69, 9.17) is 5.26 Å². The average molecular weight is 310 g/mol. The smallest absolute Gasteiger partial charge is 0.232 e. The molecule has 0 fully saturated rings. The third kappa shape index (κ3) is 4.64. The zero-order valence-corrected chi connectivity index (χ0v) is 13.6. The number of carbonyl (C=O) groups excluding carboxylic acids is 1. The van der Waals surface area contributed by atoms with Gasteiger partial charge in [0, 0.05) is 18.5 Å². The van der Waals surface area contributed by atoms with Gasteiger partial charge in [-0.25, -0.2) is 0 Å². The number of hydrogen-bond donors (Lipinski definition) is 0. The second-order valence-corrected chi connectivity index (χ2v) is 6.21. The molecular formula is C18H18N2OS. The van der Waals surface area contributed by atoms with Gasteiger partial charge in [0.1, 0.15) is 0 Å². The molecule has 0 bridgehead atoms. The van der Waals surface area contributed by atoms with E-state index in [2.05, 4.69) is 6.07 Å². The maximum Gasteiger partial charge on any atom is 0.232 e. The highest BCUT2D eigenvalue weighted by molar-refractivity contribution is 8.00. The van der Waals surface area contributed by atoms with Crippen LogP contribution in [0.1, 0.15) is 16.7 Å². The maximum absolute atomic E-state index is 12.2. The third-order valence-electron chi connectivity index (χ3n) is 3.31. The van der Waals surface area contributed by atoms with Gasteiger partial charge in [-0.1, -0.05) is 29.8 Å². The van der Waals surface area contributed by atoms with Crippen LogP contribution in [0.2, 0.25) is 0 Å². The largest absolute Gasteiger partial charge is 0.341 e. The molecule has 3 nitrogen and oxygen atoms in total. The molecule has 0 N–H and O–H groups in total. The van der Waals surface area contributed by atoms with Crippen LogP contribution in [0.4, 0.5) is 0 Å². The predicted octanol–water partition coefficient (Wildman–Crippen LogP) is 3.62. The molecule has 0 aliphatic heterocycles. The van der Waals surface area contributed by atoms with E-state index >= 15 is 0 Å². The SMILES string of the molecule is Cc1ccc(SCC(=O)N(C)Cc2ccc(C#N)cc2)cc1. The van der Waals surface area contributed by atoms with Crippen molar-refractivity contribution in [1.82, 2.24) is 4.90 Å². The monoisotopic (exact) mass is 310 g/mol. The van der Waals surface area contributed by atoms with E-state index in [1.165, 1.54) is 5.56 Å². The van der Waals surface area contributed by atoms with Crippen LogP contribution < -0.4 is 0 Å². The molecular weight excluding hydrogens is 292 g/mol. The highest BCUT2D eigenvalue weighted by atomic mass is 32.2. The van der Waals surface area contributed by atoms with Gasteiger partial charge >= 0.3 is 0 Å². The van der Waals surface area contributed by atoms with E-state index in [0.717, 1.165) is 10.5 Å². The van der Waals surface area contributed by atoms with Gasteiger partial charge in [-0.2, -0.15) is 5.26 Å². The normalized spacial score (nSPS) is 10.0. The Morgan fingerprint density at radius 1 is 1.14 bits per heavy atom. The Morgan fingerprint density at radius 3 is 2.36 bits per heavy atom. The van der Waals surface area contributed by atoms with Crippen LogP contribution in [0.25, 0.3) is 0 Å². The van der Waals surface area contributed by atoms with Crippen molar-refractivity contribution >= 4 is 17.7 Å². The average Bonchev–Trinajstić information content (AvgIpc) is 2.54. The summed E-state index contributed by atoms with van der Waals surface area (Å²) in [6, 6.07) is 17.6. The number of nitriles is 1. The summed E-state index contributed by atoms with van der Waals surface area (Å²) in [5, 5.41) is 8.78. The first-order chi connectivity index (χ1) is 10.6. The molecule has 2 aromatic carbocycles. The van der Waals surface area contributed by atoms with Crippen molar-refractivity contribution in [2.75, 3.05) is 12.8 Å². The van der Waals surface area contributed by atoms with E-state index in [1.807, 2.05) is 43.3 Å². The lowest BCUT2D eigenvalue weighted by molar-refractivity contribution is -0.127. The fourth-order valence-corrected chi connectivity index (χ4v) is 2.78. The first-order valence-corrected chi connectivity index (χ1v) is 7.99. The Labute approximate surface area is 135 Å². The summed E-state index contributed by atoms with van der Waals surface area (Å²) < 4.78 is 0. The molecule has 0 saturated heterocycles. The van der Waals surface area contributed by atoms with Crippen molar-refractivity contribution in [3.63, 3.8) is 0 Å². The van der Waals surface area contributed by atoms with Crippen molar-refractivity contribution in [2.24, 2.45) is 0 Å². The zero-order valence-electron chi connectivity index (χ0n) is 12.7. The number of hydrogen-bond acceptors (Lipinski definition) is 3. The Hall–Kier alpha value is -2.25. The summed E-state index contributed by atoms with van der Waals surface area (Å²) in [5.74, 6) is 0.519. The number of benzene rings is 2. The molecule has 0 unspecified atom stereocenters. The molecule has 0 saturated carbocycles. The van der Waals surface area contributed by atoms with Gasteiger partial charge in [0.2, 0.25) is 5.91 Å². The molecule has 0 atom stereocenters. The van der Waals surface area contributed by atoms with Gasteiger partial charge in [0.05, 0.1) is 17.4 Å². The highest BCUT2D eigenvalue weighted by Gasteiger charge is 2.10. The molecule has 0 spiro atoms. The minimum absolute atomic E-state index is 0.0925. The summed E-state index contributed by atoms with van der Waals surface area (Å²) in [6.45, 7) is 2.60. The van der Waals surface area contributed by atoms with Crippen molar-refractivity contribution < 1.29 is 4.79 Å². The highest BCUT2D eigenvalue weighted by Crippen LogP contribution is 2.19. The van der Waals surface area contributed by atoms with Gasteiger partial charge in [-0.15, -0.1) is 11.8 Å². The number of rotatable bonds is 5. The maximum atomic E-state index is 12.2. The Balaban J connectivity index is 1.86.